The Hall–Kier alpha value is -0.530. The second-order valence-electron chi connectivity index (χ2n) is 4.10. The molecule has 0 aromatic rings. The summed E-state index contributed by atoms with van der Waals surface area (Å²) >= 11 is 0. The Morgan fingerprint density at radius 2 is 1.94 bits per heavy atom. The topological polar surface area (TPSA) is 56.7 Å². The van der Waals surface area contributed by atoms with Gasteiger partial charge in [0.15, 0.2) is 5.96 Å². The molecule has 0 atom stereocenters. The predicted octanol–water partition coefficient (Wildman–Crippen LogP) is 1.05. The van der Waals surface area contributed by atoms with E-state index >= 15 is 0 Å². The van der Waals surface area contributed by atoms with Gasteiger partial charge in [0.25, 0.3) is 0 Å². The summed E-state index contributed by atoms with van der Waals surface area (Å²) in [6, 6.07) is 0.336. The van der Waals surface area contributed by atoms with Crippen molar-refractivity contribution in [2.24, 2.45) is 4.99 Å². The zero-order chi connectivity index (χ0) is 12.6. The maximum absolute atomic E-state index is 11.3. The first-order valence-corrected chi connectivity index (χ1v) is 5.72. The van der Waals surface area contributed by atoms with Gasteiger partial charge < -0.3 is 15.5 Å². The van der Waals surface area contributed by atoms with Crippen LogP contribution in [0.1, 0.15) is 27.2 Å². The van der Waals surface area contributed by atoms with Crippen LogP contribution in [-0.4, -0.2) is 50.0 Å². The van der Waals surface area contributed by atoms with Gasteiger partial charge in [-0.05, 0) is 20.8 Å². The molecule has 0 unspecified atom stereocenters. The fraction of sp³-hybridized carbons (Fsp3) is 0.818. The summed E-state index contributed by atoms with van der Waals surface area (Å²) in [5.74, 6) is 0.869. The Kier molecular flexibility index (Phi) is 11.8. The average molecular weight is 356 g/mol. The summed E-state index contributed by atoms with van der Waals surface area (Å²) in [5, 5.41) is 6.33. The summed E-state index contributed by atoms with van der Waals surface area (Å²) in [7, 11) is 3.51. The maximum Gasteiger partial charge on any atom is 0.223 e. The molecule has 5 nitrogen and oxygen atoms in total. The summed E-state index contributed by atoms with van der Waals surface area (Å²) in [6.07, 6.45) is 0.446. The van der Waals surface area contributed by atoms with E-state index in [0.717, 1.165) is 12.5 Å². The van der Waals surface area contributed by atoms with Crippen molar-refractivity contribution in [3.8, 4) is 0 Å². The molecule has 0 aromatic carbocycles. The summed E-state index contributed by atoms with van der Waals surface area (Å²) < 4.78 is 0. The minimum Gasteiger partial charge on any atom is -0.357 e. The number of nitrogens with one attached hydrogen (secondary N) is 2. The first kappa shape index (κ1) is 18.8. The summed E-state index contributed by atoms with van der Waals surface area (Å²) in [4.78, 5) is 17.2. The molecule has 0 aliphatic carbocycles. The van der Waals surface area contributed by atoms with Crippen LogP contribution in [0.2, 0.25) is 0 Å². The molecule has 0 aliphatic heterocycles. The Bertz CT molecular complexity index is 242. The molecule has 102 valence electrons. The van der Waals surface area contributed by atoms with Gasteiger partial charge >= 0.3 is 0 Å². The summed E-state index contributed by atoms with van der Waals surface area (Å²) in [6.45, 7) is 7.46. The molecule has 0 saturated heterocycles. The van der Waals surface area contributed by atoms with Crippen molar-refractivity contribution in [1.82, 2.24) is 15.5 Å². The van der Waals surface area contributed by atoms with Gasteiger partial charge in [-0.2, -0.15) is 0 Å². The number of hydrogen-bond acceptors (Lipinski definition) is 2. The van der Waals surface area contributed by atoms with Gasteiger partial charge in [-0.3, -0.25) is 9.79 Å². The monoisotopic (exact) mass is 356 g/mol. The molecule has 0 fully saturated rings. The molecular weight excluding hydrogens is 331 g/mol. The molecule has 0 bridgehead atoms. The highest BCUT2D eigenvalue weighted by Gasteiger charge is 2.03. The SMILES string of the molecule is CCNC(=NCCC(=O)N(C)C)NC(C)C.I. The first-order chi connectivity index (χ1) is 7.47. The Morgan fingerprint density at radius 3 is 2.35 bits per heavy atom. The number of rotatable bonds is 5. The van der Waals surface area contributed by atoms with Gasteiger partial charge in [-0.25, -0.2) is 0 Å². The molecule has 0 saturated carbocycles. The van der Waals surface area contributed by atoms with Crippen LogP contribution in [0.3, 0.4) is 0 Å². The first-order valence-electron chi connectivity index (χ1n) is 5.72. The molecule has 1 amide bonds. The predicted molar refractivity (Wildman–Crippen MR) is 83.0 cm³/mol. The molecule has 0 heterocycles. The Morgan fingerprint density at radius 1 is 1.35 bits per heavy atom. The zero-order valence-electron chi connectivity index (χ0n) is 11.4. The Balaban J connectivity index is 0. The van der Waals surface area contributed by atoms with Crippen LogP contribution < -0.4 is 10.6 Å². The molecule has 17 heavy (non-hydrogen) atoms. The molecule has 0 aromatic heterocycles. The smallest absolute Gasteiger partial charge is 0.223 e. The molecule has 0 aliphatic rings. The highest BCUT2D eigenvalue weighted by atomic mass is 127. The van der Waals surface area contributed by atoms with Crippen molar-refractivity contribution in [1.29, 1.82) is 0 Å². The lowest BCUT2D eigenvalue weighted by Crippen LogP contribution is -2.41. The zero-order valence-corrected chi connectivity index (χ0v) is 13.7. The summed E-state index contributed by atoms with van der Waals surface area (Å²) in [5.41, 5.74) is 0. The number of nitrogens with zero attached hydrogens (tertiary/aromatic N) is 2. The minimum absolute atomic E-state index is 0. The maximum atomic E-state index is 11.3. The number of guanidine groups is 1. The van der Waals surface area contributed by atoms with Crippen molar-refractivity contribution in [3.63, 3.8) is 0 Å². The minimum atomic E-state index is 0. The molecule has 2 N–H and O–H groups in total. The third kappa shape index (κ3) is 10.3. The number of aliphatic imine (C=N–C) groups is 1. The molecule has 0 radical (unpaired) electrons. The second kappa shape index (κ2) is 10.6. The van der Waals surface area contributed by atoms with Crippen LogP contribution in [0.5, 0.6) is 0 Å². The highest BCUT2D eigenvalue weighted by Crippen LogP contribution is 1.88. The third-order valence-electron chi connectivity index (χ3n) is 1.86. The number of hydrogen-bond donors (Lipinski definition) is 2. The van der Waals surface area contributed by atoms with Crippen molar-refractivity contribution in [2.45, 2.75) is 33.2 Å². The van der Waals surface area contributed by atoms with Crippen LogP contribution in [0.4, 0.5) is 0 Å². The van der Waals surface area contributed by atoms with Crippen LogP contribution >= 0.6 is 24.0 Å². The lowest BCUT2D eigenvalue weighted by atomic mass is 10.4. The number of halogens is 1. The van der Waals surface area contributed by atoms with Crippen molar-refractivity contribution < 1.29 is 4.79 Å². The Labute approximate surface area is 121 Å². The van der Waals surface area contributed by atoms with E-state index in [9.17, 15) is 4.79 Å². The fourth-order valence-electron chi connectivity index (χ4n) is 1.08. The van der Waals surface area contributed by atoms with Crippen LogP contribution in [0.25, 0.3) is 0 Å². The van der Waals surface area contributed by atoms with Crippen LogP contribution in [0.15, 0.2) is 4.99 Å². The lowest BCUT2D eigenvalue weighted by molar-refractivity contribution is -0.128. The van der Waals surface area contributed by atoms with E-state index in [1.54, 1.807) is 19.0 Å². The van der Waals surface area contributed by atoms with E-state index in [2.05, 4.69) is 29.5 Å². The second-order valence-corrected chi connectivity index (χ2v) is 4.10. The van der Waals surface area contributed by atoms with E-state index < -0.39 is 0 Å². The highest BCUT2D eigenvalue weighted by molar-refractivity contribution is 14.0. The molecular formula is C11H25IN4O. The van der Waals surface area contributed by atoms with E-state index in [1.165, 1.54) is 0 Å². The van der Waals surface area contributed by atoms with Crippen molar-refractivity contribution >= 4 is 35.8 Å². The number of carbonyl (C=O) groups is 1. The van der Waals surface area contributed by atoms with Crippen molar-refractivity contribution in [3.05, 3.63) is 0 Å². The molecule has 6 heteroatoms. The van der Waals surface area contributed by atoms with Gasteiger partial charge in [-0.1, -0.05) is 0 Å². The number of amides is 1. The van der Waals surface area contributed by atoms with Gasteiger partial charge in [-0.15, -0.1) is 24.0 Å². The standard InChI is InChI=1S/C11H24N4O.HI/c1-6-12-11(14-9(2)3)13-8-7-10(16)15(4)5;/h9H,6-8H2,1-5H3,(H2,12,13,14);1H. The quantitative estimate of drug-likeness (QED) is 0.440. The normalized spacial score (nSPS) is 10.8. The third-order valence-corrected chi connectivity index (χ3v) is 1.86. The lowest BCUT2D eigenvalue weighted by Gasteiger charge is -2.14. The van der Waals surface area contributed by atoms with Crippen LogP contribution in [0, 0.1) is 0 Å². The number of carbonyl (C=O) groups excluding carboxylic acids is 1. The van der Waals surface area contributed by atoms with Crippen molar-refractivity contribution in [2.75, 3.05) is 27.2 Å². The molecule has 0 rings (SSSR count). The van der Waals surface area contributed by atoms with Gasteiger partial charge in [0.1, 0.15) is 0 Å². The van der Waals surface area contributed by atoms with Gasteiger partial charge in [0, 0.05) is 33.1 Å². The average Bonchev–Trinajstić information content (AvgIpc) is 2.16. The van der Waals surface area contributed by atoms with E-state index in [4.69, 9.17) is 0 Å². The van der Waals surface area contributed by atoms with Gasteiger partial charge in [0.2, 0.25) is 5.91 Å². The largest absolute Gasteiger partial charge is 0.357 e. The van der Waals surface area contributed by atoms with E-state index in [1.807, 2.05) is 6.92 Å². The van der Waals surface area contributed by atoms with Gasteiger partial charge in [0.05, 0.1) is 6.54 Å². The van der Waals surface area contributed by atoms with E-state index in [-0.39, 0.29) is 29.9 Å². The van der Waals surface area contributed by atoms with Crippen LogP contribution in [-0.2, 0) is 4.79 Å². The molecule has 0 spiro atoms. The fourth-order valence-corrected chi connectivity index (χ4v) is 1.08. The van der Waals surface area contributed by atoms with E-state index in [0.29, 0.717) is 19.0 Å².